The van der Waals surface area contributed by atoms with Gasteiger partial charge in [0.1, 0.15) is 0 Å². The molecule has 2 heteroatoms. The average Bonchev–Trinajstić information content (AvgIpc) is 3.74. The van der Waals surface area contributed by atoms with Crippen LogP contribution in [-0.2, 0) is 0 Å². The van der Waals surface area contributed by atoms with Crippen LogP contribution in [0.3, 0.4) is 0 Å². The van der Waals surface area contributed by atoms with Crippen molar-refractivity contribution in [1.29, 1.82) is 0 Å². The molecule has 50 heavy (non-hydrogen) atoms. The van der Waals surface area contributed by atoms with Crippen molar-refractivity contribution in [2.24, 2.45) is 0 Å². The van der Waals surface area contributed by atoms with E-state index in [-0.39, 0.29) is 0 Å². The monoisotopic (exact) mass is 668 g/mol. The predicted molar refractivity (Wildman–Crippen MR) is 221 cm³/mol. The van der Waals surface area contributed by atoms with Gasteiger partial charge in [-0.2, -0.15) is 0 Å². The Morgan fingerprint density at radius 2 is 0.780 bits per heavy atom. The Kier molecular flexibility index (Phi) is 6.09. The molecule has 232 valence electrons. The lowest BCUT2D eigenvalue weighted by Crippen LogP contribution is -1.91. The molecule has 11 aromatic rings. The Morgan fingerprint density at radius 1 is 0.280 bits per heavy atom. The predicted octanol–water partition coefficient (Wildman–Crippen LogP) is 14.9. The van der Waals surface area contributed by atoms with E-state index in [9.17, 15) is 0 Å². The summed E-state index contributed by atoms with van der Waals surface area (Å²) in [5.41, 5.74) is 7.71. The van der Waals surface area contributed by atoms with Crippen LogP contribution in [-0.4, -0.2) is 0 Å². The highest BCUT2D eigenvalue weighted by atomic mass is 32.1. The standard InChI is InChI=1S/C48H28S2/c1-2-12-30(13-3-1)44-35-15-4-6-17-37(35)45(38-18-7-5-16-36(38)44)31-24-22-29-23-25-32(27-33(29)26-31)46-47-39-19-9-11-21-42(39)49-43(47)28-40-34-14-8-10-20-41(34)50-48(40)46/h1-28H. The van der Waals surface area contributed by atoms with Gasteiger partial charge in [-0.15, -0.1) is 22.7 Å². The van der Waals surface area contributed by atoms with Crippen molar-refractivity contribution in [3.8, 4) is 33.4 Å². The molecule has 0 radical (unpaired) electrons. The Labute approximate surface area is 297 Å². The summed E-state index contributed by atoms with van der Waals surface area (Å²) in [5.74, 6) is 0. The second kappa shape index (κ2) is 10.9. The van der Waals surface area contributed by atoms with Crippen molar-refractivity contribution in [2.75, 3.05) is 0 Å². The zero-order valence-electron chi connectivity index (χ0n) is 27.0. The third-order valence-electron chi connectivity index (χ3n) is 10.4. The molecule has 0 aliphatic heterocycles. The van der Waals surface area contributed by atoms with Gasteiger partial charge in [-0.05, 0) is 90.5 Å². The first-order chi connectivity index (χ1) is 24.8. The average molecular weight is 669 g/mol. The Bertz CT molecular complexity index is 3080. The van der Waals surface area contributed by atoms with E-state index >= 15 is 0 Å². The van der Waals surface area contributed by atoms with Gasteiger partial charge in [0.2, 0.25) is 0 Å². The third-order valence-corrected chi connectivity index (χ3v) is 12.7. The van der Waals surface area contributed by atoms with Gasteiger partial charge in [0.15, 0.2) is 0 Å². The van der Waals surface area contributed by atoms with Gasteiger partial charge < -0.3 is 0 Å². The van der Waals surface area contributed by atoms with Crippen molar-refractivity contribution in [3.05, 3.63) is 170 Å². The molecule has 0 aliphatic rings. The van der Waals surface area contributed by atoms with E-state index < -0.39 is 0 Å². The first-order valence-corrected chi connectivity index (χ1v) is 18.7. The minimum Gasteiger partial charge on any atom is -0.135 e. The summed E-state index contributed by atoms with van der Waals surface area (Å²) in [6, 6.07) is 63.0. The lowest BCUT2D eigenvalue weighted by Gasteiger charge is -2.18. The van der Waals surface area contributed by atoms with Crippen molar-refractivity contribution in [3.63, 3.8) is 0 Å². The van der Waals surface area contributed by atoms with Gasteiger partial charge in [-0.25, -0.2) is 0 Å². The maximum absolute atomic E-state index is 2.44. The number of thiophene rings is 2. The molecule has 0 saturated carbocycles. The van der Waals surface area contributed by atoms with E-state index in [4.69, 9.17) is 0 Å². The molecule has 0 atom stereocenters. The summed E-state index contributed by atoms with van der Waals surface area (Å²) in [4.78, 5) is 0. The zero-order valence-corrected chi connectivity index (χ0v) is 28.6. The Hall–Kier alpha value is -5.80. The van der Waals surface area contributed by atoms with Crippen LogP contribution >= 0.6 is 22.7 Å². The highest BCUT2D eigenvalue weighted by molar-refractivity contribution is 7.28. The molecule has 9 aromatic carbocycles. The van der Waals surface area contributed by atoms with Gasteiger partial charge in [0, 0.05) is 45.9 Å². The van der Waals surface area contributed by atoms with E-state index in [2.05, 4.69) is 170 Å². The van der Waals surface area contributed by atoms with E-state index in [1.54, 1.807) is 0 Å². The van der Waals surface area contributed by atoms with Crippen LogP contribution < -0.4 is 0 Å². The van der Waals surface area contributed by atoms with Crippen LogP contribution in [0.2, 0.25) is 0 Å². The fourth-order valence-corrected chi connectivity index (χ4v) is 10.7. The SMILES string of the molecule is c1ccc(-c2c3ccccc3c(-c3ccc4ccc(-c5c6sc7ccccc7c6cc6sc7ccccc7c56)cc4c3)c3ccccc23)cc1. The smallest absolute Gasteiger partial charge is 0.0441 e. The van der Waals surface area contributed by atoms with Gasteiger partial charge in [0.05, 0.1) is 0 Å². The molecule has 0 amide bonds. The fourth-order valence-electron chi connectivity index (χ4n) is 8.25. The lowest BCUT2D eigenvalue weighted by atomic mass is 9.85. The van der Waals surface area contributed by atoms with E-state index in [0.29, 0.717) is 0 Å². The number of fused-ring (bicyclic) bond motifs is 9. The van der Waals surface area contributed by atoms with Crippen molar-refractivity contribution in [2.45, 2.75) is 0 Å². The number of rotatable bonds is 3. The fraction of sp³-hybridized carbons (Fsp3) is 0. The minimum absolute atomic E-state index is 1.24. The molecular formula is C48H28S2. The second-order valence-corrected chi connectivity index (χ2v) is 15.3. The normalized spacial score (nSPS) is 12.0. The van der Waals surface area contributed by atoms with Crippen LogP contribution in [0, 0.1) is 0 Å². The maximum Gasteiger partial charge on any atom is 0.0441 e. The zero-order chi connectivity index (χ0) is 32.8. The summed E-state index contributed by atoms with van der Waals surface area (Å²) in [7, 11) is 0. The van der Waals surface area contributed by atoms with Crippen LogP contribution in [0.1, 0.15) is 0 Å². The van der Waals surface area contributed by atoms with Gasteiger partial charge >= 0.3 is 0 Å². The lowest BCUT2D eigenvalue weighted by molar-refractivity contribution is 1.66. The van der Waals surface area contributed by atoms with Crippen molar-refractivity contribution < 1.29 is 0 Å². The van der Waals surface area contributed by atoms with Gasteiger partial charge in [-0.3, -0.25) is 0 Å². The molecule has 0 saturated heterocycles. The van der Waals surface area contributed by atoms with Gasteiger partial charge in [-0.1, -0.05) is 140 Å². The summed E-state index contributed by atoms with van der Waals surface area (Å²) >= 11 is 3.83. The highest BCUT2D eigenvalue weighted by Crippen LogP contribution is 2.49. The molecule has 0 fully saturated rings. The summed E-state index contributed by atoms with van der Waals surface area (Å²) in [6.45, 7) is 0. The second-order valence-electron chi connectivity index (χ2n) is 13.2. The highest BCUT2D eigenvalue weighted by Gasteiger charge is 2.20. The van der Waals surface area contributed by atoms with E-state index in [0.717, 1.165) is 0 Å². The third kappa shape index (κ3) is 4.10. The van der Waals surface area contributed by atoms with Crippen LogP contribution in [0.5, 0.6) is 0 Å². The Balaban J connectivity index is 1.20. The number of hydrogen-bond acceptors (Lipinski definition) is 2. The largest absolute Gasteiger partial charge is 0.135 e. The number of benzene rings is 9. The molecular weight excluding hydrogens is 641 g/mol. The molecule has 0 bridgehead atoms. The molecule has 0 aliphatic carbocycles. The minimum atomic E-state index is 1.24. The molecule has 2 heterocycles. The van der Waals surface area contributed by atoms with E-state index in [1.165, 1.54) is 106 Å². The van der Waals surface area contributed by atoms with Crippen molar-refractivity contribution in [1.82, 2.24) is 0 Å². The molecule has 0 spiro atoms. The summed E-state index contributed by atoms with van der Waals surface area (Å²) < 4.78 is 5.40. The molecule has 11 rings (SSSR count). The van der Waals surface area contributed by atoms with Crippen LogP contribution in [0.4, 0.5) is 0 Å². The molecule has 0 N–H and O–H groups in total. The first kappa shape index (κ1) is 28.1. The summed E-state index contributed by atoms with van der Waals surface area (Å²) in [6.07, 6.45) is 0. The summed E-state index contributed by atoms with van der Waals surface area (Å²) in [5, 5.41) is 13.0. The molecule has 0 nitrogen and oxygen atoms in total. The van der Waals surface area contributed by atoms with Crippen LogP contribution in [0.25, 0.3) is 106 Å². The Morgan fingerprint density at radius 3 is 1.42 bits per heavy atom. The van der Waals surface area contributed by atoms with Crippen LogP contribution in [0.15, 0.2) is 170 Å². The molecule has 2 aromatic heterocycles. The van der Waals surface area contributed by atoms with E-state index in [1.807, 2.05) is 22.7 Å². The topological polar surface area (TPSA) is 0 Å². The van der Waals surface area contributed by atoms with Gasteiger partial charge in [0.25, 0.3) is 0 Å². The molecule has 0 unspecified atom stereocenters. The quantitative estimate of drug-likeness (QED) is 0.164. The first-order valence-electron chi connectivity index (χ1n) is 17.1. The van der Waals surface area contributed by atoms with Crippen molar-refractivity contribution >= 4 is 95.3 Å². The number of hydrogen-bond donors (Lipinski definition) is 0. The maximum atomic E-state index is 2.44.